The van der Waals surface area contributed by atoms with Crippen molar-refractivity contribution in [3.8, 4) is 0 Å². The number of urea groups is 1. The summed E-state index contributed by atoms with van der Waals surface area (Å²) in [5.41, 5.74) is -0.179. The van der Waals surface area contributed by atoms with Gasteiger partial charge in [-0.3, -0.25) is 4.90 Å². The Balaban J connectivity index is 1.27. The number of aromatic nitrogens is 2. The molecule has 0 unspecified atom stereocenters. The van der Waals surface area contributed by atoms with Gasteiger partial charge in [-0.2, -0.15) is 0 Å². The van der Waals surface area contributed by atoms with Crippen LogP contribution in [-0.2, 0) is 12.1 Å². The molecule has 0 aromatic carbocycles. The van der Waals surface area contributed by atoms with Crippen LogP contribution in [0, 0.1) is 0 Å². The number of hydrogen-bond donors (Lipinski definition) is 2. The van der Waals surface area contributed by atoms with Crippen molar-refractivity contribution in [2.45, 2.75) is 38.3 Å². The van der Waals surface area contributed by atoms with Crippen LogP contribution in [0.3, 0.4) is 0 Å². The van der Waals surface area contributed by atoms with Gasteiger partial charge in [-0.25, -0.2) is 14.8 Å². The fourth-order valence-corrected chi connectivity index (χ4v) is 5.07. The topological polar surface area (TPSA) is 84.8 Å². The number of hydrogen-bond acceptors (Lipinski definition) is 7. The number of thiazole rings is 1. The molecule has 0 spiro atoms. The molecule has 0 saturated carbocycles. The number of piperazine rings is 1. The minimum atomic E-state index is -0.937. The molecule has 2 aliphatic rings. The third kappa shape index (κ3) is 5.34. The van der Waals surface area contributed by atoms with Crippen LogP contribution in [0.15, 0.2) is 29.8 Å². The molecule has 0 radical (unpaired) electrons. The molecular weight excluding hydrogens is 412 g/mol. The van der Waals surface area contributed by atoms with Gasteiger partial charge in [0.05, 0.1) is 12.2 Å². The van der Waals surface area contributed by atoms with Crippen LogP contribution in [0.4, 0.5) is 10.6 Å². The lowest BCUT2D eigenvalue weighted by Gasteiger charge is -2.37. The Hall–Kier alpha value is -2.23. The van der Waals surface area contributed by atoms with Crippen LogP contribution >= 0.6 is 11.3 Å². The highest BCUT2D eigenvalue weighted by molar-refractivity contribution is 7.09. The van der Waals surface area contributed by atoms with Gasteiger partial charge < -0.3 is 20.2 Å². The van der Waals surface area contributed by atoms with E-state index in [1.807, 2.05) is 30.6 Å². The van der Waals surface area contributed by atoms with E-state index in [0.717, 1.165) is 55.7 Å². The van der Waals surface area contributed by atoms with Crippen LogP contribution < -0.4 is 10.2 Å². The summed E-state index contributed by atoms with van der Waals surface area (Å²) in [6.07, 6.45) is 3.81. The van der Waals surface area contributed by atoms with Crippen molar-refractivity contribution in [1.29, 1.82) is 0 Å². The molecule has 4 heterocycles. The monoisotopic (exact) mass is 444 g/mol. The summed E-state index contributed by atoms with van der Waals surface area (Å²) in [4.78, 5) is 27.9. The van der Waals surface area contributed by atoms with Gasteiger partial charge in [-0.05, 0) is 31.4 Å². The molecular formula is C22H32N6O2S. The summed E-state index contributed by atoms with van der Waals surface area (Å²) in [5.74, 6) is 1.04. The average Bonchev–Trinajstić information content (AvgIpc) is 3.28. The Morgan fingerprint density at radius 1 is 1.19 bits per heavy atom. The number of carbonyl (C=O) groups is 1. The van der Waals surface area contributed by atoms with E-state index in [1.165, 1.54) is 0 Å². The van der Waals surface area contributed by atoms with E-state index in [4.69, 9.17) is 4.98 Å². The van der Waals surface area contributed by atoms with Crippen molar-refractivity contribution in [1.82, 2.24) is 25.1 Å². The summed E-state index contributed by atoms with van der Waals surface area (Å²) in [7, 11) is 0. The second kappa shape index (κ2) is 9.93. The first-order valence-electron chi connectivity index (χ1n) is 11.2. The molecule has 2 aromatic heterocycles. The number of rotatable bonds is 6. The fraction of sp³-hybridized carbons (Fsp3) is 0.591. The second-order valence-corrected chi connectivity index (χ2v) is 9.27. The predicted molar refractivity (Wildman–Crippen MR) is 122 cm³/mol. The van der Waals surface area contributed by atoms with E-state index in [0.29, 0.717) is 32.5 Å². The Bertz CT molecular complexity index is 845. The molecule has 0 atom stereocenters. The van der Waals surface area contributed by atoms with Gasteiger partial charge in [-0.1, -0.05) is 13.0 Å². The van der Waals surface area contributed by atoms with E-state index in [-0.39, 0.29) is 6.03 Å². The summed E-state index contributed by atoms with van der Waals surface area (Å²) in [6, 6.07) is 5.99. The number of nitrogens with zero attached hydrogens (tertiary/aromatic N) is 5. The van der Waals surface area contributed by atoms with E-state index in [9.17, 15) is 9.90 Å². The average molecular weight is 445 g/mol. The third-order valence-electron chi connectivity index (χ3n) is 6.14. The predicted octanol–water partition coefficient (Wildman–Crippen LogP) is 2.26. The van der Waals surface area contributed by atoms with Crippen LogP contribution in [-0.4, -0.2) is 76.7 Å². The molecule has 168 valence electrons. The maximum atomic E-state index is 12.2. The number of piperidine rings is 1. The molecule has 0 aliphatic carbocycles. The Kier molecular flexibility index (Phi) is 7.04. The van der Waals surface area contributed by atoms with Crippen LogP contribution in [0.5, 0.6) is 0 Å². The van der Waals surface area contributed by atoms with Crippen LogP contribution in [0.1, 0.15) is 36.9 Å². The Labute approximate surface area is 187 Å². The molecule has 31 heavy (non-hydrogen) atoms. The van der Waals surface area contributed by atoms with Crippen molar-refractivity contribution in [2.24, 2.45) is 0 Å². The van der Waals surface area contributed by atoms with E-state index >= 15 is 0 Å². The van der Waals surface area contributed by atoms with Gasteiger partial charge in [0, 0.05) is 57.4 Å². The molecule has 9 heteroatoms. The lowest BCUT2D eigenvalue weighted by Crippen LogP contribution is -2.49. The van der Waals surface area contributed by atoms with Gasteiger partial charge >= 0.3 is 6.03 Å². The van der Waals surface area contributed by atoms with Crippen molar-refractivity contribution >= 4 is 23.2 Å². The summed E-state index contributed by atoms with van der Waals surface area (Å²) in [5, 5.41) is 17.1. The zero-order valence-electron chi connectivity index (χ0n) is 18.2. The molecule has 0 bridgehead atoms. The zero-order chi connectivity index (χ0) is 21.7. The van der Waals surface area contributed by atoms with Gasteiger partial charge in [0.2, 0.25) is 0 Å². The Morgan fingerprint density at radius 2 is 1.97 bits per heavy atom. The minimum Gasteiger partial charge on any atom is -0.383 e. The highest BCUT2D eigenvalue weighted by Crippen LogP contribution is 2.33. The van der Waals surface area contributed by atoms with Crippen molar-refractivity contribution in [2.75, 3.05) is 50.7 Å². The second-order valence-electron chi connectivity index (χ2n) is 8.33. The molecule has 4 rings (SSSR count). The lowest BCUT2D eigenvalue weighted by atomic mass is 9.89. The maximum absolute atomic E-state index is 12.2. The quantitative estimate of drug-likeness (QED) is 0.711. The molecule has 2 aliphatic heterocycles. The number of carbonyl (C=O) groups excluding carboxylic acids is 1. The minimum absolute atomic E-state index is 0.0345. The first kappa shape index (κ1) is 22.0. The number of anilines is 1. The van der Waals surface area contributed by atoms with Crippen molar-refractivity contribution < 1.29 is 9.90 Å². The number of amides is 2. The Morgan fingerprint density at radius 3 is 2.65 bits per heavy atom. The van der Waals surface area contributed by atoms with E-state index in [2.05, 4.69) is 26.2 Å². The summed E-state index contributed by atoms with van der Waals surface area (Å²) in [6.45, 7) is 8.48. The summed E-state index contributed by atoms with van der Waals surface area (Å²) >= 11 is 1.62. The first-order valence-corrected chi connectivity index (χ1v) is 12.0. The van der Waals surface area contributed by atoms with Crippen molar-refractivity contribution in [3.63, 3.8) is 0 Å². The van der Waals surface area contributed by atoms with Crippen LogP contribution in [0.2, 0.25) is 0 Å². The number of aliphatic hydroxyl groups is 1. The highest BCUT2D eigenvalue weighted by Gasteiger charge is 2.37. The van der Waals surface area contributed by atoms with Gasteiger partial charge in [-0.15, -0.1) is 11.3 Å². The van der Waals surface area contributed by atoms with Crippen molar-refractivity contribution in [3.05, 3.63) is 40.5 Å². The molecule has 2 amide bonds. The molecule has 2 saturated heterocycles. The third-order valence-corrected chi connectivity index (χ3v) is 6.97. The standard InChI is InChI=1S/C22H32N6O2S/c1-2-8-24-21(29)28-10-6-22(30,7-11-28)18-17-31-20(25-18)16-26-12-14-27(15-13-26)19-5-3-4-9-23-19/h3-5,9,17,30H,2,6-8,10-16H2,1H3,(H,24,29). The largest absolute Gasteiger partial charge is 0.383 e. The molecule has 2 fully saturated rings. The molecule has 2 aromatic rings. The van der Waals surface area contributed by atoms with E-state index < -0.39 is 5.60 Å². The number of likely N-dealkylation sites (tertiary alicyclic amines) is 1. The smallest absolute Gasteiger partial charge is 0.317 e. The molecule has 2 N–H and O–H groups in total. The maximum Gasteiger partial charge on any atom is 0.317 e. The normalized spacial score (nSPS) is 19.4. The summed E-state index contributed by atoms with van der Waals surface area (Å²) < 4.78 is 0. The van der Waals surface area contributed by atoms with Crippen LogP contribution in [0.25, 0.3) is 0 Å². The van der Waals surface area contributed by atoms with E-state index in [1.54, 1.807) is 16.2 Å². The molecule has 8 nitrogen and oxygen atoms in total. The van der Waals surface area contributed by atoms with Gasteiger partial charge in [0.1, 0.15) is 16.4 Å². The SMILES string of the molecule is CCCNC(=O)N1CCC(O)(c2csc(CN3CCN(c4ccccn4)CC3)n2)CC1. The fourth-order valence-electron chi connectivity index (χ4n) is 4.14. The highest BCUT2D eigenvalue weighted by atomic mass is 32.1. The van der Waals surface area contributed by atoms with Gasteiger partial charge in [0.15, 0.2) is 0 Å². The number of pyridine rings is 1. The zero-order valence-corrected chi connectivity index (χ0v) is 19.0. The lowest BCUT2D eigenvalue weighted by molar-refractivity contribution is -0.0200. The van der Waals surface area contributed by atoms with Gasteiger partial charge in [0.25, 0.3) is 0 Å². The number of nitrogens with one attached hydrogen (secondary N) is 1. The first-order chi connectivity index (χ1) is 15.1.